The molecular formula is C27H41NO4. The number of nitrogens with two attached hydrogens (primary N) is 1. The largest absolute Gasteiger partial charge is 0.395 e. The molecule has 2 aromatic rings. The van der Waals surface area contributed by atoms with Gasteiger partial charge in [-0.05, 0) is 38.6 Å². The number of rotatable bonds is 8. The lowest BCUT2D eigenvalue weighted by Crippen LogP contribution is -2.56. The first-order valence-electron chi connectivity index (χ1n) is 11.3. The minimum atomic E-state index is -1.75. The van der Waals surface area contributed by atoms with Gasteiger partial charge in [-0.3, -0.25) is 0 Å². The molecule has 1 atom stereocenters. The molecule has 0 aliphatic carbocycles. The molecule has 0 bridgehead atoms. The van der Waals surface area contributed by atoms with Crippen molar-refractivity contribution in [2.75, 3.05) is 19.8 Å². The van der Waals surface area contributed by atoms with E-state index in [-0.39, 0.29) is 17.3 Å². The summed E-state index contributed by atoms with van der Waals surface area (Å²) in [7, 11) is 0. The summed E-state index contributed by atoms with van der Waals surface area (Å²) in [6, 6.07) is 13.5. The van der Waals surface area contributed by atoms with E-state index in [1.807, 2.05) is 42.5 Å². The van der Waals surface area contributed by atoms with Crippen LogP contribution in [0.2, 0.25) is 0 Å². The van der Waals surface area contributed by atoms with Gasteiger partial charge in [-0.25, -0.2) is 0 Å². The first kappa shape index (κ1) is 26.5. The van der Waals surface area contributed by atoms with Gasteiger partial charge in [-0.15, -0.1) is 0 Å². The van der Waals surface area contributed by atoms with Crippen molar-refractivity contribution in [1.29, 1.82) is 0 Å². The van der Waals surface area contributed by atoms with Crippen LogP contribution in [0, 0.1) is 5.41 Å². The first-order valence-corrected chi connectivity index (χ1v) is 11.3. The molecule has 2 rings (SSSR count). The molecule has 0 fully saturated rings. The summed E-state index contributed by atoms with van der Waals surface area (Å²) in [5.41, 5.74) is 6.23. The third-order valence-electron chi connectivity index (χ3n) is 6.55. The van der Waals surface area contributed by atoms with Crippen LogP contribution in [0.4, 0.5) is 0 Å². The van der Waals surface area contributed by atoms with E-state index in [0.29, 0.717) is 12.1 Å². The van der Waals surface area contributed by atoms with Gasteiger partial charge in [-0.2, -0.15) is 0 Å². The predicted molar refractivity (Wildman–Crippen MR) is 129 cm³/mol. The van der Waals surface area contributed by atoms with Crippen molar-refractivity contribution in [2.45, 2.75) is 70.9 Å². The number of hydrogen-bond donors (Lipinski definition) is 5. The van der Waals surface area contributed by atoms with Crippen LogP contribution in [0.25, 0.3) is 0 Å². The van der Waals surface area contributed by atoms with Crippen molar-refractivity contribution in [2.24, 2.45) is 11.1 Å². The average molecular weight is 444 g/mol. The van der Waals surface area contributed by atoms with Crippen molar-refractivity contribution in [1.82, 2.24) is 0 Å². The predicted octanol–water partition coefficient (Wildman–Crippen LogP) is 3.13. The van der Waals surface area contributed by atoms with E-state index in [1.165, 1.54) is 0 Å². The van der Waals surface area contributed by atoms with Gasteiger partial charge in [0.15, 0.2) is 0 Å². The molecule has 0 spiro atoms. The van der Waals surface area contributed by atoms with E-state index in [9.17, 15) is 20.4 Å². The Morgan fingerprint density at radius 1 is 0.719 bits per heavy atom. The lowest BCUT2D eigenvalue weighted by molar-refractivity contribution is -0.160. The second-order valence-electron chi connectivity index (χ2n) is 11.0. The Morgan fingerprint density at radius 2 is 1.16 bits per heavy atom. The summed E-state index contributed by atoms with van der Waals surface area (Å²) in [4.78, 5) is 0. The Labute approximate surface area is 192 Å². The zero-order valence-electron chi connectivity index (χ0n) is 20.4. The number of benzene rings is 2. The highest BCUT2D eigenvalue weighted by atomic mass is 16.3. The molecule has 0 aliphatic heterocycles. The van der Waals surface area contributed by atoms with Gasteiger partial charge in [0.25, 0.3) is 0 Å². The number of aliphatic hydroxyl groups excluding tert-OH is 3. The highest BCUT2D eigenvalue weighted by Gasteiger charge is 2.54. The molecule has 1 unspecified atom stereocenters. The molecular weight excluding hydrogens is 402 g/mol. The quantitative estimate of drug-likeness (QED) is 0.431. The van der Waals surface area contributed by atoms with E-state index in [2.05, 4.69) is 41.5 Å². The molecule has 5 nitrogen and oxygen atoms in total. The molecule has 0 heterocycles. The fourth-order valence-corrected chi connectivity index (χ4v) is 4.42. The number of aliphatic hydroxyl groups is 4. The van der Waals surface area contributed by atoms with Crippen LogP contribution in [0.1, 0.15) is 69.4 Å². The van der Waals surface area contributed by atoms with Crippen LogP contribution in [-0.2, 0) is 29.4 Å². The summed E-state index contributed by atoms with van der Waals surface area (Å²) in [5, 5.41) is 43.9. The molecule has 6 N–H and O–H groups in total. The zero-order valence-corrected chi connectivity index (χ0v) is 20.4. The van der Waals surface area contributed by atoms with Gasteiger partial charge in [0, 0.05) is 13.0 Å². The van der Waals surface area contributed by atoms with E-state index in [0.717, 1.165) is 22.3 Å². The van der Waals surface area contributed by atoms with E-state index in [4.69, 9.17) is 5.73 Å². The second kappa shape index (κ2) is 9.62. The van der Waals surface area contributed by atoms with Crippen molar-refractivity contribution in [3.63, 3.8) is 0 Å². The molecule has 178 valence electrons. The third kappa shape index (κ3) is 4.92. The van der Waals surface area contributed by atoms with E-state index in [1.54, 1.807) is 0 Å². The molecule has 0 saturated heterocycles. The molecule has 32 heavy (non-hydrogen) atoms. The van der Waals surface area contributed by atoms with Crippen molar-refractivity contribution in [3.05, 3.63) is 70.3 Å². The molecule has 0 aliphatic rings. The maximum atomic E-state index is 12.6. The Balaban J connectivity index is 3.07. The molecule has 0 amide bonds. The third-order valence-corrected chi connectivity index (χ3v) is 6.55. The van der Waals surface area contributed by atoms with Gasteiger partial charge in [0.2, 0.25) is 0 Å². The zero-order chi connectivity index (χ0) is 24.4. The Hall–Kier alpha value is -1.76. The Kier molecular flexibility index (Phi) is 7.96. The molecule has 5 heteroatoms. The normalized spacial score (nSPS) is 15.0. The van der Waals surface area contributed by atoms with Crippen LogP contribution in [-0.4, -0.2) is 40.2 Å². The highest BCUT2D eigenvalue weighted by Crippen LogP contribution is 2.49. The minimum absolute atomic E-state index is 0.129. The topological polar surface area (TPSA) is 107 Å². The molecule has 0 saturated carbocycles. The van der Waals surface area contributed by atoms with Gasteiger partial charge in [0.05, 0.1) is 25.2 Å². The lowest BCUT2D eigenvalue weighted by atomic mass is 9.60. The first-order chi connectivity index (χ1) is 14.8. The summed E-state index contributed by atoms with van der Waals surface area (Å²) >= 11 is 0. The Morgan fingerprint density at radius 3 is 1.50 bits per heavy atom. The van der Waals surface area contributed by atoms with Gasteiger partial charge < -0.3 is 26.2 Å². The second-order valence-corrected chi connectivity index (χ2v) is 11.0. The van der Waals surface area contributed by atoms with Crippen LogP contribution >= 0.6 is 0 Å². The van der Waals surface area contributed by atoms with Crippen LogP contribution < -0.4 is 5.73 Å². The summed E-state index contributed by atoms with van der Waals surface area (Å²) in [5.74, 6) is 0. The summed E-state index contributed by atoms with van der Waals surface area (Å²) in [6.45, 7) is 11.0. The van der Waals surface area contributed by atoms with Gasteiger partial charge >= 0.3 is 0 Å². The standard InChI is InChI=1S/C27H41NO4/c1-24(2,3)21-12-20(15-28)13-22(25(4,5)6)23(21)27(32,26(16-29,17-30)18-31)14-19-10-8-7-9-11-19/h7-13,29-32H,14-18,28H2,1-6H3. The highest BCUT2D eigenvalue weighted by molar-refractivity contribution is 5.51. The van der Waals surface area contributed by atoms with Crippen molar-refractivity contribution in [3.8, 4) is 0 Å². The summed E-state index contributed by atoms with van der Waals surface area (Å²) in [6.07, 6.45) is 0.129. The fraction of sp³-hybridized carbons (Fsp3) is 0.556. The van der Waals surface area contributed by atoms with Crippen molar-refractivity contribution < 1.29 is 20.4 Å². The van der Waals surface area contributed by atoms with Crippen LogP contribution in [0.5, 0.6) is 0 Å². The maximum Gasteiger partial charge on any atom is 0.106 e. The molecule has 0 radical (unpaired) electrons. The monoisotopic (exact) mass is 443 g/mol. The van der Waals surface area contributed by atoms with E-state index < -0.39 is 30.8 Å². The minimum Gasteiger partial charge on any atom is -0.395 e. The molecule has 0 aromatic heterocycles. The molecule has 2 aromatic carbocycles. The SMILES string of the molecule is CC(C)(C)c1cc(CN)cc(C(C)(C)C)c1C(O)(Cc1ccccc1)C(CO)(CO)CO. The van der Waals surface area contributed by atoms with Crippen LogP contribution in [0.3, 0.4) is 0 Å². The van der Waals surface area contributed by atoms with E-state index >= 15 is 0 Å². The Bertz CT molecular complexity index is 849. The maximum absolute atomic E-state index is 12.6. The van der Waals surface area contributed by atoms with Crippen molar-refractivity contribution >= 4 is 0 Å². The summed E-state index contributed by atoms with van der Waals surface area (Å²) < 4.78 is 0. The van der Waals surface area contributed by atoms with Crippen LogP contribution in [0.15, 0.2) is 42.5 Å². The fourth-order valence-electron chi connectivity index (χ4n) is 4.42. The smallest absolute Gasteiger partial charge is 0.106 e. The van der Waals surface area contributed by atoms with Gasteiger partial charge in [0.1, 0.15) is 5.60 Å². The lowest BCUT2D eigenvalue weighted by Gasteiger charge is -2.49. The van der Waals surface area contributed by atoms with Gasteiger partial charge in [-0.1, -0.05) is 84.0 Å². The number of hydrogen-bond acceptors (Lipinski definition) is 5. The average Bonchev–Trinajstić information content (AvgIpc) is 2.73.